The molecule has 14 amide bonds. The lowest BCUT2D eigenvalue weighted by Crippen LogP contribution is -2.60. The van der Waals surface area contributed by atoms with Crippen LogP contribution in [-0.2, 0) is 95.9 Å². The second-order valence-electron chi connectivity index (χ2n) is 26.7. The molecule has 2 aliphatic rings. The van der Waals surface area contributed by atoms with Gasteiger partial charge in [0.1, 0.15) is 61.0 Å². The highest BCUT2D eigenvalue weighted by atomic mass is 16.5. The number of carbonyl (C=O) groups is 14. The molecule has 0 bridgehead atoms. The molecule has 2 aromatic carbocycles. The SMILES string of the molecule is CCCC[C@H](NC(=O)[C@@H](N)CCNC(=O)[C@H](Cc1cnc[nH]1)NC(=O)[C@@H](CO)NC(=O)CNC(=O)CNC(=O)COCCOCCN)C(=O)N[C@H]1CCC(=O)NCCCC[C@@H](C(N)=O)NC(=O)[C@H](Cc2c[nH]c3ccccc23)NC(=O)[C@H](CCCN=C(N)N)NC(=O)[C@@H](Cc2ccccc2)NC(=O)[C@@H]2C[C@@H](O)CN2C1=O. The van der Waals surface area contributed by atoms with Crippen molar-refractivity contribution in [2.75, 3.05) is 78.8 Å². The van der Waals surface area contributed by atoms with Crippen LogP contribution in [0.5, 0.6) is 0 Å². The fraction of sp³-hybridized carbons (Fsp3) is 0.549. The molecule has 40 nitrogen and oxygen atoms in total. The van der Waals surface area contributed by atoms with Crippen molar-refractivity contribution in [3.63, 3.8) is 0 Å². The van der Waals surface area contributed by atoms with Crippen molar-refractivity contribution in [3.05, 3.63) is 90.1 Å². The molecule has 2 fully saturated rings. The van der Waals surface area contributed by atoms with Crippen molar-refractivity contribution in [2.45, 2.75) is 170 Å². The van der Waals surface area contributed by atoms with Crippen molar-refractivity contribution in [1.82, 2.24) is 83.7 Å². The molecular weight excluding hydrogens is 1450 g/mol. The van der Waals surface area contributed by atoms with Crippen molar-refractivity contribution in [3.8, 4) is 0 Å². The van der Waals surface area contributed by atoms with Crippen LogP contribution in [0.15, 0.2) is 78.3 Å². The number of nitrogens with zero attached hydrogens (tertiary/aromatic N) is 3. The summed E-state index contributed by atoms with van der Waals surface area (Å²) in [5, 5.41) is 53.0. The van der Waals surface area contributed by atoms with Crippen molar-refractivity contribution < 1.29 is 86.8 Å². The molecule has 2 saturated heterocycles. The summed E-state index contributed by atoms with van der Waals surface area (Å²) in [7, 11) is 0. The van der Waals surface area contributed by atoms with Crippen LogP contribution in [0.25, 0.3) is 10.9 Å². The van der Waals surface area contributed by atoms with Gasteiger partial charge in [0.25, 0.3) is 0 Å². The number of imidazole rings is 1. The summed E-state index contributed by atoms with van der Waals surface area (Å²) in [6, 6.07) is 1.19. The zero-order valence-electron chi connectivity index (χ0n) is 62.0. The van der Waals surface area contributed by atoms with Crippen LogP contribution >= 0.6 is 0 Å². The van der Waals surface area contributed by atoms with Gasteiger partial charge in [-0.1, -0.05) is 68.3 Å². The predicted octanol–water partition coefficient (Wildman–Crippen LogP) is -7.38. The third kappa shape index (κ3) is 30.6. The third-order valence-electron chi connectivity index (χ3n) is 18.0. The number of hydrogen-bond acceptors (Lipinski definition) is 22. The number of carbonyl (C=O) groups excluding carboxylic acids is 14. The fourth-order valence-electron chi connectivity index (χ4n) is 12.1. The minimum Gasteiger partial charge on any atom is -0.394 e. The summed E-state index contributed by atoms with van der Waals surface area (Å²) in [4.78, 5) is 209. The number of aromatic nitrogens is 3. The topological polar surface area (TPSA) is 632 Å². The average molecular weight is 1560 g/mol. The molecule has 4 aromatic rings. The van der Waals surface area contributed by atoms with Gasteiger partial charge in [0, 0.05) is 93.8 Å². The summed E-state index contributed by atoms with van der Waals surface area (Å²) >= 11 is 0. The Labute approximate surface area is 640 Å². The normalized spacial score (nSPS) is 20.1. The largest absolute Gasteiger partial charge is 0.394 e. The number of nitrogens with one attached hydrogen (secondary N) is 14. The number of ether oxygens (including phenoxy) is 2. The molecule has 11 atom stereocenters. The highest BCUT2D eigenvalue weighted by Gasteiger charge is 2.44. The minimum absolute atomic E-state index is 0.00825. The fourth-order valence-corrected chi connectivity index (χ4v) is 12.1. The Morgan fingerprint density at radius 2 is 1.39 bits per heavy atom. The molecule has 2 aliphatic heterocycles. The molecule has 0 radical (unpaired) electrons. The number of guanidine groups is 1. The van der Waals surface area contributed by atoms with E-state index in [1.807, 2.05) is 25.1 Å². The number of fused-ring (bicyclic) bond motifs is 2. The van der Waals surface area contributed by atoms with Gasteiger partial charge in [-0.3, -0.25) is 72.1 Å². The van der Waals surface area contributed by atoms with E-state index in [4.69, 9.17) is 38.1 Å². The number of unbranched alkanes of at least 4 members (excludes halogenated alkanes) is 1. The number of aliphatic imine (C=N–C) groups is 1. The lowest BCUT2D eigenvalue weighted by molar-refractivity contribution is -0.143. The number of amides is 14. The number of H-pyrrole nitrogens is 2. The van der Waals surface area contributed by atoms with Gasteiger partial charge in [-0.15, -0.1) is 0 Å². The Morgan fingerprint density at radius 1 is 0.703 bits per heavy atom. The molecule has 0 saturated carbocycles. The lowest BCUT2D eigenvalue weighted by Gasteiger charge is -2.31. The van der Waals surface area contributed by atoms with Crippen LogP contribution in [0.1, 0.15) is 101 Å². The molecule has 4 heterocycles. The molecule has 608 valence electrons. The quantitative estimate of drug-likeness (QED) is 0.0113. The van der Waals surface area contributed by atoms with E-state index in [-0.39, 0.29) is 116 Å². The van der Waals surface area contributed by atoms with E-state index in [2.05, 4.69) is 83.7 Å². The van der Waals surface area contributed by atoms with Gasteiger partial charge >= 0.3 is 0 Å². The molecule has 111 heavy (non-hydrogen) atoms. The zero-order chi connectivity index (χ0) is 80.8. The number of rotatable bonds is 37. The van der Waals surface area contributed by atoms with Crippen LogP contribution in [0.3, 0.4) is 0 Å². The summed E-state index contributed by atoms with van der Waals surface area (Å²) in [6.45, 7) is -0.484. The van der Waals surface area contributed by atoms with E-state index in [0.717, 1.165) is 15.8 Å². The minimum atomic E-state index is -1.63. The Hall–Kier alpha value is -11.2. The molecule has 2 aromatic heterocycles. The van der Waals surface area contributed by atoms with Crippen molar-refractivity contribution >= 4 is 99.6 Å². The number of aliphatic hydroxyl groups excluding tert-OH is 2. The van der Waals surface area contributed by atoms with Crippen molar-refractivity contribution in [1.29, 1.82) is 0 Å². The molecule has 0 aliphatic carbocycles. The summed E-state index contributed by atoms with van der Waals surface area (Å²) < 4.78 is 10.3. The van der Waals surface area contributed by atoms with Crippen LogP contribution in [0.2, 0.25) is 0 Å². The number of para-hydroxylation sites is 1. The predicted molar refractivity (Wildman–Crippen MR) is 400 cm³/mol. The smallest absolute Gasteiger partial charge is 0.246 e. The van der Waals surface area contributed by atoms with Gasteiger partial charge < -0.3 is 127 Å². The Morgan fingerprint density at radius 3 is 2.11 bits per heavy atom. The highest BCUT2D eigenvalue weighted by Crippen LogP contribution is 2.23. The monoisotopic (exact) mass is 1550 g/mol. The van der Waals surface area contributed by atoms with Crippen molar-refractivity contribution in [2.24, 2.45) is 33.7 Å². The van der Waals surface area contributed by atoms with Gasteiger partial charge in [-0.25, -0.2) is 4.98 Å². The maximum absolute atomic E-state index is 15.1. The van der Waals surface area contributed by atoms with Gasteiger partial charge in [0.2, 0.25) is 82.7 Å². The number of hydrogen-bond donors (Lipinski definition) is 21. The van der Waals surface area contributed by atoms with Gasteiger partial charge in [0.05, 0.1) is 58.0 Å². The van der Waals surface area contributed by atoms with E-state index in [1.54, 1.807) is 42.6 Å². The number of benzene rings is 2. The van der Waals surface area contributed by atoms with Crippen LogP contribution in [0, 0.1) is 0 Å². The zero-order valence-corrected chi connectivity index (χ0v) is 62.0. The number of nitrogens with two attached hydrogens (primary N) is 5. The van der Waals surface area contributed by atoms with Gasteiger partial charge in [-0.05, 0) is 68.6 Å². The Bertz CT molecular complexity index is 3790. The summed E-state index contributed by atoms with van der Waals surface area (Å²) in [5.41, 5.74) is 31.1. The Balaban J connectivity index is 1.17. The first-order valence-electron chi connectivity index (χ1n) is 36.9. The maximum atomic E-state index is 15.1. The third-order valence-corrected chi connectivity index (χ3v) is 18.0. The van der Waals surface area contributed by atoms with E-state index in [9.17, 15) is 72.5 Å². The molecule has 26 N–H and O–H groups in total. The van der Waals surface area contributed by atoms with Crippen LogP contribution < -0.4 is 92.5 Å². The first-order chi connectivity index (χ1) is 53.3. The first kappa shape index (κ1) is 88.7. The van der Waals surface area contributed by atoms with E-state index >= 15 is 4.79 Å². The van der Waals surface area contributed by atoms with Gasteiger partial charge in [-0.2, -0.15) is 0 Å². The lowest BCUT2D eigenvalue weighted by atomic mass is 10.0. The van der Waals surface area contributed by atoms with Gasteiger partial charge in [0.15, 0.2) is 5.96 Å². The van der Waals surface area contributed by atoms with E-state index < -0.39 is 188 Å². The summed E-state index contributed by atoms with van der Waals surface area (Å²) in [5.74, 6) is -12.1. The van der Waals surface area contributed by atoms with E-state index in [1.165, 1.54) is 12.5 Å². The number of aromatic amines is 2. The number of aliphatic hydroxyl groups is 2. The Kier molecular flexibility index (Phi) is 37.6. The number of primary amides is 1. The van der Waals surface area contributed by atoms with Crippen LogP contribution in [0.4, 0.5) is 0 Å². The molecular formula is C71H106N22O18. The van der Waals surface area contributed by atoms with E-state index in [0.29, 0.717) is 42.8 Å². The molecule has 6 rings (SSSR count). The average Bonchev–Trinajstić information content (AvgIpc) is 1.70. The first-order valence-corrected chi connectivity index (χ1v) is 36.9. The second kappa shape index (κ2) is 47.0. The molecule has 0 spiro atoms. The molecule has 0 unspecified atom stereocenters. The second-order valence-corrected chi connectivity index (χ2v) is 26.7. The molecule has 40 heteroatoms. The standard InChI is InChI=1S/C71H106N22O18/c1-2-3-15-49(87-62(101)46(73)21-25-79-63(102)54(31-43-34-77-40-84-43)91-68(107)55(38-94)85-59(98)36-82-58(97)35-83-60(99)39-111-28-27-110-26-22-72)64(103)89-51-19-20-57(96)78-23-10-9-17-48(61(74)100)86-67(106)53(30-42-33-81-47-16-8-7-14-45(42)47)90-65(104)50(18-11-24-80-71(75)76)88-66(105)52(29-41-12-5-4-6-13-41)92-69(108)56-32-44(95)37-93(56)70(51)109/h4-8,12-14,16,33-34,40,44,46,48-56,81,94-95H,2-3,9-11,15,17-32,35-39,72-73H2,1H3,(H2,74,100)(H,77,84)(H,78,96)(H,79,102)(H,82,97)(H,83,99)(H,85,98)(H,86,106)(H,87,101)(H,88,105)(H,89,103)(H,90,104)(H,91,107)(H,92,108)(H4,75,76,80)/t44-,46+,48+,49+,50+,51+,52-,53+,54+,55-,56+/m1/s1. The highest BCUT2D eigenvalue weighted by molar-refractivity contribution is 5.99. The van der Waals surface area contributed by atoms with Crippen LogP contribution in [-0.4, -0.2) is 264 Å². The maximum Gasteiger partial charge on any atom is 0.246 e. The summed E-state index contributed by atoms with van der Waals surface area (Å²) in [6.07, 6.45) is 2.42.